The largest absolute Gasteiger partial charge is 0.284 e. The lowest BCUT2D eigenvalue weighted by Crippen LogP contribution is -2.19. The zero-order chi connectivity index (χ0) is 10.1. The van der Waals surface area contributed by atoms with Gasteiger partial charge in [0.05, 0.1) is 6.61 Å². The van der Waals surface area contributed by atoms with Crippen LogP contribution in [0.25, 0.3) is 0 Å². The molecule has 0 aromatic heterocycles. The molecule has 8 heteroatoms. The molecule has 1 saturated heterocycles. The Bertz CT molecular complexity index is 366. The van der Waals surface area contributed by atoms with E-state index in [-0.39, 0.29) is 6.61 Å². The minimum absolute atomic E-state index is 0.238. The first-order valence-corrected chi connectivity index (χ1v) is 6.78. The van der Waals surface area contributed by atoms with Crippen LogP contribution in [-0.4, -0.2) is 34.6 Å². The van der Waals surface area contributed by atoms with E-state index in [0.717, 1.165) is 0 Å². The van der Waals surface area contributed by atoms with Crippen molar-refractivity contribution in [3.8, 4) is 0 Å². The van der Waals surface area contributed by atoms with Gasteiger partial charge in [0, 0.05) is 0 Å². The van der Waals surface area contributed by atoms with Crippen molar-refractivity contribution >= 4 is 20.2 Å². The van der Waals surface area contributed by atoms with Gasteiger partial charge in [-0.15, -0.1) is 0 Å². The van der Waals surface area contributed by atoms with Crippen molar-refractivity contribution in [2.75, 3.05) is 11.7 Å². The Labute approximate surface area is 77.1 Å². The first-order chi connectivity index (χ1) is 5.85. The van der Waals surface area contributed by atoms with Gasteiger partial charge in [-0.05, 0) is 6.42 Å². The molecule has 1 atom stereocenters. The van der Waals surface area contributed by atoms with Crippen molar-refractivity contribution < 1.29 is 25.2 Å². The fourth-order valence-corrected chi connectivity index (χ4v) is 3.71. The molecule has 0 spiro atoms. The summed E-state index contributed by atoms with van der Waals surface area (Å²) in [4.78, 5) is 0. The summed E-state index contributed by atoms with van der Waals surface area (Å²) in [6, 6.07) is 0. The van der Waals surface area contributed by atoms with Crippen molar-refractivity contribution in [3.63, 3.8) is 0 Å². The van der Waals surface area contributed by atoms with Crippen molar-refractivity contribution in [2.45, 2.75) is 19.4 Å². The van der Waals surface area contributed by atoms with E-state index in [4.69, 9.17) is 0 Å². The number of hydrogen-bond acceptors (Lipinski definition) is 6. The fraction of sp³-hybridized carbons (Fsp3) is 1.00. The van der Waals surface area contributed by atoms with Crippen LogP contribution >= 0.6 is 0 Å². The summed E-state index contributed by atoms with van der Waals surface area (Å²) in [6.45, 7) is 1.44. The van der Waals surface area contributed by atoms with Gasteiger partial charge in [-0.25, -0.2) is 0 Å². The monoisotopic (exact) mass is 230 g/mol. The Morgan fingerprint density at radius 2 is 1.85 bits per heavy atom. The van der Waals surface area contributed by atoms with Gasteiger partial charge in [0.15, 0.2) is 0 Å². The molecule has 0 amide bonds. The van der Waals surface area contributed by atoms with E-state index in [1.54, 1.807) is 6.92 Å². The lowest BCUT2D eigenvalue weighted by Gasteiger charge is -2.08. The quantitative estimate of drug-likeness (QED) is 0.560. The van der Waals surface area contributed by atoms with Crippen molar-refractivity contribution in [1.82, 2.24) is 0 Å². The van der Waals surface area contributed by atoms with Crippen LogP contribution in [0.15, 0.2) is 0 Å². The third kappa shape index (κ3) is 3.22. The van der Waals surface area contributed by atoms with E-state index in [0.29, 0.717) is 6.42 Å². The highest BCUT2D eigenvalue weighted by molar-refractivity contribution is 8.03. The molecule has 0 saturated carbocycles. The minimum atomic E-state index is -4.00. The number of hydrogen-bond donors (Lipinski definition) is 0. The Balaban J connectivity index is 2.95. The van der Waals surface area contributed by atoms with E-state index in [1.165, 1.54) is 0 Å². The predicted octanol–water partition coefficient (Wildman–Crippen LogP) is -0.571. The average molecular weight is 230 g/mol. The molecule has 0 aliphatic carbocycles. The second-order valence-corrected chi connectivity index (χ2v) is 6.25. The van der Waals surface area contributed by atoms with Gasteiger partial charge >= 0.3 is 0 Å². The fourth-order valence-electron chi connectivity index (χ4n) is 0.839. The minimum Gasteiger partial charge on any atom is -0.266 e. The summed E-state index contributed by atoms with van der Waals surface area (Å²) in [6.07, 6.45) is -0.323. The van der Waals surface area contributed by atoms with Gasteiger partial charge < -0.3 is 0 Å². The first kappa shape index (κ1) is 10.9. The van der Waals surface area contributed by atoms with E-state index in [1.807, 2.05) is 0 Å². The van der Waals surface area contributed by atoms with Crippen LogP contribution < -0.4 is 0 Å². The third-order valence-electron chi connectivity index (χ3n) is 1.46. The summed E-state index contributed by atoms with van der Waals surface area (Å²) < 4.78 is 52.6. The van der Waals surface area contributed by atoms with E-state index >= 15 is 0 Å². The van der Waals surface area contributed by atoms with Gasteiger partial charge in [0.1, 0.15) is 6.10 Å². The zero-order valence-corrected chi connectivity index (χ0v) is 8.60. The van der Waals surface area contributed by atoms with Crippen LogP contribution in [0.3, 0.4) is 0 Å². The summed E-state index contributed by atoms with van der Waals surface area (Å²) in [5, 5.41) is -1.10. The normalized spacial score (nSPS) is 32.2. The number of rotatable bonds is 1. The second kappa shape index (κ2) is 3.52. The maximum Gasteiger partial charge on any atom is 0.284 e. The molecular weight excluding hydrogens is 220 g/mol. The van der Waals surface area contributed by atoms with Crippen molar-refractivity contribution in [2.24, 2.45) is 0 Å². The van der Waals surface area contributed by atoms with Crippen molar-refractivity contribution in [3.05, 3.63) is 0 Å². The second-order valence-electron chi connectivity index (χ2n) is 2.64. The van der Waals surface area contributed by atoms with E-state index < -0.39 is 31.4 Å². The van der Waals surface area contributed by atoms with Gasteiger partial charge in [-0.2, -0.15) is 16.8 Å². The maximum atomic E-state index is 11.0. The Hall–Kier alpha value is -0.180. The summed E-state index contributed by atoms with van der Waals surface area (Å²) in [7, 11) is -7.98. The SMILES string of the molecule is CC[C@H]1COS(=O)(=O)CS(=O)(=O)O1. The zero-order valence-electron chi connectivity index (χ0n) is 6.96. The molecule has 1 fully saturated rings. The maximum absolute atomic E-state index is 11.0. The Morgan fingerprint density at radius 1 is 1.23 bits per heavy atom. The highest BCUT2D eigenvalue weighted by atomic mass is 32.3. The molecule has 6 nitrogen and oxygen atoms in total. The molecule has 0 radical (unpaired) electrons. The van der Waals surface area contributed by atoms with Crippen LogP contribution in [-0.2, 0) is 28.6 Å². The van der Waals surface area contributed by atoms with Gasteiger partial charge in [0.2, 0.25) is 5.08 Å². The van der Waals surface area contributed by atoms with Crippen LogP contribution in [0, 0.1) is 0 Å². The Morgan fingerprint density at radius 3 is 2.38 bits per heavy atom. The molecule has 78 valence electrons. The smallest absolute Gasteiger partial charge is 0.266 e. The standard InChI is InChI=1S/C5H10O6S2/c1-2-5-3-10-12(6,7)4-13(8,9)11-5/h5H,2-4H2,1H3/t5-/m0/s1. The predicted molar refractivity (Wildman–Crippen MR) is 43.8 cm³/mol. The van der Waals surface area contributed by atoms with E-state index in [2.05, 4.69) is 8.37 Å². The van der Waals surface area contributed by atoms with E-state index in [9.17, 15) is 16.8 Å². The topological polar surface area (TPSA) is 86.7 Å². The third-order valence-corrected chi connectivity index (χ3v) is 4.83. The van der Waals surface area contributed by atoms with Gasteiger partial charge in [-0.1, -0.05) is 6.92 Å². The van der Waals surface area contributed by atoms with Crippen LogP contribution in [0.5, 0.6) is 0 Å². The van der Waals surface area contributed by atoms with Gasteiger partial charge in [-0.3, -0.25) is 8.37 Å². The van der Waals surface area contributed by atoms with Crippen LogP contribution in [0.4, 0.5) is 0 Å². The summed E-state index contributed by atoms with van der Waals surface area (Å²) in [5.41, 5.74) is 0. The highest BCUT2D eigenvalue weighted by Gasteiger charge is 2.31. The molecule has 0 bridgehead atoms. The molecule has 0 unspecified atom stereocenters. The Kier molecular flexibility index (Phi) is 2.95. The molecule has 13 heavy (non-hydrogen) atoms. The van der Waals surface area contributed by atoms with Crippen LogP contribution in [0.1, 0.15) is 13.3 Å². The summed E-state index contributed by atoms with van der Waals surface area (Å²) in [5.74, 6) is 0. The lowest BCUT2D eigenvalue weighted by atomic mass is 10.3. The molecule has 1 aliphatic heterocycles. The molecule has 1 heterocycles. The lowest BCUT2D eigenvalue weighted by molar-refractivity contribution is 0.143. The van der Waals surface area contributed by atoms with Crippen molar-refractivity contribution in [1.29, 1.82) is 0 Å². The highest BCUT2D eigenvalue weighted by Crippen LogP contribution is 2.14. The molecular formula is C5H10O6S2. The molecule has 0 aromatic rings. The van der Waals surface area contributed by atoms with Gasteiger partial charge in [0.25, 0.3) is 20.2 Å². The first-order valence-electron chi connectivity index (χ1n) is 3.63. The molecule has 1 aliphatic rings. The average Bonchev–Trinajstić information content (AvgIpc) is 2.04. The summed E-state index contributed by atoms with van der Waals surface area (Å²) >= 11 is 0. The van der Waals surface area contributed by atoms with Crippen LogP contribution in [0.2, 0.25) is 0 Å². The molecule has 0 N–H and O–H groups in total. The molecule has 0 aromatic carbocycles. The molecule has 1 rings (SSSR count).